The van der Waals surface area contributed by atoms with Crippen molar-refractivity contribution in [1.29, 1.82) is 0 Å². The van der Waals surface area contributed by atoms with E-state index < -0.39 is 0 Å². The van der Waals surface area contributed by atoms with Gasteiger partial charge in [-0.2, -0.15) is 0 Å². The SMILES string of the molecule is CCN1CC[NH+](Cc2c([O-])ccc3c2OC(=Cc2c[nH]c4ccccc24)C3=O)CC1. The first-order valence-corrected chi connectivity index (χ1v) is 10.5. The Morgan fingerprint density at radius 3 is 2.80 bits per heavy atom. The molecular formula is C24H25N3O3. The maximum absolute atomic E-state index is 13.0. The number of para-hydroxylation sites is 1. The Kier molecular flexibility index (Phi) is 4.81. The first-order valence-electron chi connectivity index (χ1n) is 10.5. The molecule has 2 aliphatic heterocycles. The van der Waals surface area contributed by atoms with Gasteiger partial charge in [0.15, 0.2) is 5.76 Å². The number of aromatic nitrogens is 1. The lowest BCUT2D eigenvalue weighted by molar-refractivity contribution is -0.918. The minimum atomic E-state index is -0.165. The second-order valence-corrected chi connectivity index (χ2v) is 8.01. The minimum absolute atomic E-state index is 0.0553. The van der Waals surface area contributed by atoms with Crippen LogP contribution in [0.1, 0.15) is 28.4 Å². The second kappa shape index (κ2) is 7.63. The molecule has 0 radical (unpaired) electrons. The van der Waals surface area contributed by atoms with Crippen molar-refractivity contribution in [2.75, 3.05) is 32.7 Å². The van der Waals surface area contributed by atoms with E-state index >= 15 is 0 Å². The van der Waals surface area contributed by atoms with Gasteiger partial charge in [-0.3, -0.25) is 9.69 Å². The van der Waals surface area contributed by atoms with Gasteiger partial charge in [0.05, 0.1) is 18.7 Å². The zero-order valence-electron chi connectivity index (χ0n) is 17.0. The summed E-state index contributed by atoms with van der Waals surface area (Å²) < 4.78 is 6.01. The van der Waals surface area contributed by atoms with Gasteiger partial charge < -0.3 is 19.7 Å². The van der Waals surface area contributed by atoms with Crippen LogP contribution in [0.5, 0.6) is 11.5 Å². The molecule has 30 heavy (non-hydrogen) atoms. The molecule has 0 spiro atoms. The predicted molar refractivity (Wildman–Crippen MR) is 114 cm³/mol. The van der Waals surface area contributed by atoms with E-state index in [0.29, 0.717) is 23.4 Å². The van der Waals surface area contributed by atoms with Gasteiger partial charge in [-0.15, -0.1) is 0 Å². The molecule has 0 amide bonds. The lowest BCUT2D eigenvalue weighted by Gasteiger charge is -2.32. The summed E-state index contributed by atoms with van der Waals surface area (Å²) in [6.07, 6.45) is 3.64. The molecule has 6 heteroatoms. The van der Waals surface area contributed by atoms with Gasteiger partial charge in [-0.25, -0.2) is 0 Å². The Morgan fingerprint density at radius 2 is 2.00 bits per heavy atom. The third-order valence-electron chi connectivity index (χ3n) is 6.24. The molecule has 5 rings (SSSR count). The number of fused-ring (bicyclic) bond motifs is 2. The number of likely N-dealkylation sites (N-methyl/N-ethyl adjacent to an activating group) is 1. The number of allylic oxidation sites excluding steroid dienone is 1. The minimum Gasteiger partial charge on any atom is -0.872 e. The fourth-order valence-electron chi connectivity index (χ4n) is 4.42. The topological polar surface area (TPSA) is 72.8 Å². The molecule has 0 atom stereocenters. The zero-order valence-corrected chi connectivity index (χ0v) is 17.0. The van der Waals surface area contributed by atoms with Crippen molar-refractivity contribution < 1.29 is 19.5 Å². The molecule has 3 aromatic rings. The second-order valence-electron chi connectivity index (χ2n) is 8.01. The van der Waals surface area contributed by atoms with Gasteiger partial charge in [0.25, 0.3) is 0 Å². The van der Waals surface area contributed by atoms with Gasteiger partial charge >= 0.3 is 0 Å². The highest BCUT2D eigenvalue weighted by molar-refractivity contribution is 6.15. The fraction of sp³-hybridized carbons (Fsp3) is 0.292. The number of piperazine rings is 1. The van der Waals surface area contributed by atoms with Crippen LogP contribution in [0.4, 0.5) is 0 Å². The molecule has 2 N–H and O–H groups in total. The molecule has 6 nitrogen and oxygen atoms in total. The molecule has 1 fully saturated rings. The fourth-order valence-corrected chi connectivity index (χ4v) is 4.42. The number of benzene rings is 2. The summed E-state index contributed by atoms with van der Waals surface area (Å²) in [4.78, 5) is 20.0. The molecule has 2 aliphatic rings. The number of hydrogen-bond donors (Lipinski definition) is 2. The van der Waals surface area contributed by atoms with Crippen molar-refractivity contribution >= 4 is 22.8 Å². The molecule has 2 aromatic carbocycles. The maximum atomic E-state index is 13.0. The van der Waals surface area contributed by atoms with Crippen LogP contribution in [0.3, 0.4) is 0 Å². The molecule has 0 saturated carbocycles. The van der Waals surface area contributed by atoms with E-state index in [1.807, 2.05) is 30.5 Å². The monoisotopic (exact) mass is 403 g/mol. The lowest BCUT2D eigenvalue weighted by atomic mass is 10.0. The molecule has 0 bridgehead atoms. The number of aromatic amines is 1. The van der Waals surface area contributed by atoms with Gasteiger partial charge in [0, 0.05) is 41.3 Å². The summed E-state index contributed by atoms with van der Waals surface area (Å²) in [5.74, 6) is 0.499. The number of ketones is 1. The summed E-state index contributed by atoms with van der Waals surface area (Å²) >= 11 is 0. The Hall–Kier alpha value is -3.09. The van der Waals surface area contributed by atoms with Crippen molar-refractivity contribution in [3.63, 3.8) is 0 Å². The Bertz CT molecular complexity index is 1140. The molecule has 1 aromatic heterocycles. The lowest BCUT2D eigenvalue weighted by Crippen LogP contribution is -3.13. The molecule has 3 heterocycles. The standard InChI is InChI=1S/C24H25N3O3/c1-2-26-9-11-27(12-10-26)15-19-21(28)8-7-18-23(29)22(30-24(18)19)13-16-14-25-20-6-4-3-5-17(16)20/h3-8,13-14,25,28H,2,9-12,15H2,1H3. The number of ether oxygens (including phenoxy) is 1. The van der Waals surface area contributed by atoms with Crippen LogP contribution in [-0.2, 0) is 6.54 Å². The summed E-state index contributed by atoms with van der Waals surface area (Å²) in [6, 6.07) is 11.0. The van der Waals surface area contributed by atoms with Crippen LogP contribution in [0.15, 0.2) is 48.4 Å². The largest absolute Gasteiger partial charge is 0.872 e. The zero-order chi connectivity index (χ0) is 20.7. The highest BCUT2D eigenvalue weighted by atomic mass is 16.5. The molecule has 0 aliphatic carbocycles. The van der Waals surface area contributed by atoms with Gasteiger partial charge in [-0.05, 0) is 24.8 Å². The number of Topliss-reactive ketones (excluding diaryl/α,β-unsaturated/α-hetero) is 1. The summed E-state index contributed by atoms with van der Waals surface area (Å²) in [5, 5.41) is 13.7. The highest BCUT2D eigenvalue weighted by Crippen LogP contribution is 2.38. The number of H-pyrrole nitrogens is 1. The smallest absolute Gasteiger partial charge is 0.231 e. The normalized spacial score (nSPS) is 18.8. The van der Waals surface area contributed by atoms with Crippen LogP contribution in [0.2, 0.25) is 0 Å². The summed E-state index contributed by atoms with van der Waals surface area (Å²) in [5.41, 5.74) is 3.00. The number of nitrogens with one attached hydrogen (secondary N) is 2. The number of carbonyl (C=O) groups excluding carboxylic acids is 1. The third-order valence-corrected chi connectivity index (χ3v) is 6.24. The van der Waals surface area contributed by atoms with Crippen molar-refractivity contribution in [3.8, 4) is 11.5 Å². The van der Waals surface area contributed by atoms with Crippen LogP contribution in [0, 0.1) is 0 Å². The van der Waals surface area contributed by atoms with Crippen molar-refractivity contribution in [1.82, 2.24) is 9.88 Å². The first kappa shape index (κ1) is 18.9. The average Bonchev–Trinajstić information content (AvgIpc) is 3.32. The predicted octanol–water partition coefficient (Wildman–Crippen LogP) is 1.58. The quantitative estimate of drug-likeness (QED) is 0.649. The molecule has 154 valence electrons. The average molecular weight is 403 g/mol. The highest BCUT2D eigenvalue weighted by Gasteiger charge is 2.31. The molecular weight excluding hydrogens is 378 g/mol. The van der Waals surface area contributed by atoms with Crippen LogP contribution < -0.4 is 14.7 Å². The van der Waals surface area contributed by atoms with Crippen molar-refractivity contribution in [3.05, 3.63) is 65.0 Å². The Balaban J connectivity index is 1.44. The Labute approximate surface area is 175 Å². The van der Waals surface area contributed by atoms with E-state index in [-0.39, 0.29) is 17.3 Å². The number of hydrogen-bond acceptors (Lipinski definition) is 4. The number of rotatable bonds is 4. The van der Waals surface area contributed by atoms with Gasteiger partial charge in [-0.1, -0.05) is 36.9 Å². The van der Waals surface area contributed by atoms with Crippen molar-refractivity contribution in [2.45, 2.75) is 13.5 Å². The van der Waals surface area contributed by atoms with Crippen LogP contribution in [-0.4, -0.2) is 48.4 Å². The maximum Gasteiger partial charge on any atom is 0.231 e. The number of quaternary nitrogens is 1. The van der Waals surface area contributed by atoms with E-state index in [9.17, 15) is 9.90 Å². The first-order chi connectivity index (χ1) is 14.6. The number of nitrogens with zero attached hydrogens (tertiary/aromatic N) is 1. The van der Waals surface area contributed by atoms with E-state index in [1.54, 1.807) is 12.1 Å². The van der Waals surface area contributed by atoms with Crippen LogP contribution in [0.25, 0.3) is 17.0 Å². The molecule has 0 unspecified atom stereocenters. The number of carbonyl (C=O) groups is 1. The van der Waals surface area contributed by atoms with E-state index in [1.165, 1.54) is 11.0 Å². The van der Waals surface area contributed by atoms with E-state index in [0.717, 1.165) is 49.2 Å². The van der Waals surface area contributed by atoms with Crippen LogP contribution >= 0.6 is 0 Å². The van der Waals surface area contributed by atoms with Crippen molar-refractivity contribution in [2.24, 2.45) is 0 Å². The van der Waals surface area contributed by atoms with Gasteiger partial charge in [0.2, 0.25) is 5.78 Å². The Morgan fingerprint density at radius 1 is 1.20 bits per heavy atom. The van der Waals surface area contributed by atoms with Gasteiger partial charge in [0.1, 0.15) is 12.3 Å². The summed E-state index contributed by atoms with van der Waals surface area (Å²) in [7, 11) is 0. The van der Waals surface area contributed by atoms with E-state index in [2.05, 4.69) is 16.8 Å². The summed E-state index contributed by atoms with van der Waals surface area (Å²) in [6.45, 7) is 7.85. The molecule has 1 saturated heterocycles. The van der Waals surface area contributed by atoms with E-state index in [4.69, 9.17) is 4.74 Å². The third kappa shape index (κ3) is 3.28.